The Hall–Kier alpha value is -1.95. The zero-order valence-electron chi connectivity index (χ0n) is 15.5. The van der Waals surface area contributed by atoms with E-state index >= 15 is 0 Å². The van der Waals surface area contributed by atoms with E-state index < -0.39 is 0 Å². The predicted molar refractivity (Wildman–Crippen MR) is 96.0 cm³/mol. The fourth-order valence-corrected chi connectivity index (χ4v) is 3.81. The van der Waals surface area contributed by atoms with Crippen molar-refractivity contribution in [1.29, 1.82) is 0 Å². The van der Waals surface area contributed by atoms with Crippen LogP contribution < -0.4 is 0 Å². The number of halogens is 1. The Bertz CT molecular complexity index is 647. The lowest BCUT2D eigenvalue weighted by molar-refractivity contribution is -0.138. The fraction of sp³-hybridized carbons (Fsp3) is 0.600. The lowest BCUT2D eigenvalue weighted by atomic mass is 9.93. The Morgan fingerprint density at radius 2 is 2.00 bits per heavy atom. The number of amides is 2. The highest BCUT2D eigenvalue weighted by atomic mass is 19.1. The van der Waals surface area contributed by atoms with E-state index in [2.05, 4.69) is 0 Å². The molecule has 0 spiro atoms. The third-order valence-corrected chi connectivity index (χ3v) is 5.35. The molecule has 0 unspecified atom stereocenters. The van der Waals surface area contributed by atoms with Crippen LogP contribution in [0.25, 0.3) is 0 Å². The zero-order valence-corrected chi connectivity index (χ0v) is 15.5. The minimum Gasteiger partial charge on any atom is -0.368 e. The Morgan fingerprint density at radius 1 is 1.27 bits per heavy atom. The number of carbonyl (C=O) groups is 2. The number of benzene rings is 1. The SMILES string of the molecule is CC(C)N1C[C@H]2CN(C(=O)CCc3ccc(F)cc3)CC[C@@H]2OCC1=O. The van der Waals surface area contributed by atoms with E-state index in [9.17, 15) is 14.0 Å². The normalized spacial score (nSPS) is 23.8. The van der Waals surface area contributed by atoms with Crippen molar-refractivity contribution in [3.63, 3.8) is 0 Å². The van der Waals surface area contributed by atoms with Crippen LogP contribution >= 0.6 is 0 Å². The van der Waals surface area contributed by atoms with Crippen molar-refractivity contribution in [3.05, 3.63) is 35.6 Å². The maximum atomic E-state index is 13.0. The highest BCUT2D eigenvalue weighted by Gasteiger charge is 2.37. The molecular formula is C20H27FN2O3. The summed E-state index contributed by atoms with van der Waals surface area (Å²) in [6, 6.07) is 6.42. The topological polar surface area (TPSA) is 49.9 Å². The van der Waals surface area contributed by atoms with Crippen molar-refractivity contribution >= 4 is 11.8 Å². The van der Waals surface area contributed by atoms with Crippen LogP contribution in [0.2, 0.25) is 0 Å². The average Bonchev–Trinajstić information content (AvgIpc) is 2.79. The van der Waals surface area contributed by atoms with Crippen molar-refractivity contribution in [3.8, 4) is 0 Å². The van der Waals surface area contributed by atoms with Gasteiger partial charge < -0.3 is 14.5 Å². The van der Waals surface area contributed by atoms with Gasteiger partial charge in [0.2, 0.25) is 11.8 Å². The molecule has 2 aliphatic rings. The highest BCUT2D eigenvalue weighted by molar-refractivity contribution is 5.78. The minimum atomic E-state index is -0.264. The van der Waals surface area contributed by atoms with Crippen molar-refractivity contribution in [2.24, 2.45) is 5.92 Å². The number of ether oxygens (including phenoxy) is 1. The highest BCUT2D eigenvalue weighted by Crippen LogP contribution is 2.25. The van der Waals surface area contributed by atoms with E-state index in [4.69, 9.17) is 4.74 Å². The average molecular weight is 362 g/mol. The maximum Gasteiger partial charge on any atom is 0.248 e. The molecule has 0 radical (unpaired) electrons. The number of carbonyl (C=O) groups excluding carboxylic acids is 2. The first-order valence-electron chi connectivity index (χ1n) is 9.37. The van der Waals surface area contributed by atoms with E-state index in [-0.39, 0.29) is 42.3 Å². The first-order chi connectivity index (χ1) is 12.4. The summed E-state index contributed by atoms with van der Waals surface area (Å²) in [6.45, 7) is 6.09. The molecule has 0 bridgehead atoms. The smallest absolute Gasteiger partial charge is 0.248 e. The number of nitrogens with zero attached hydrogens (tertiary/aromatic N) is 2. The molecule has 0 aliphatic carbocycles. The van der Waals surface area contributed by atoms with E-state index in [1.807, 2.05) is 23.6 Å². The van der Waals surface area contributed by atoms with E-state index in [0.717, 1.165) is 12.0 Å². The molecule has 1 aromatic rings. The largest absolute Gasteiger partial charge is 0.368 e. The summed E-state index contributed by atoms with van der Waals surface area (Å²) in [4.78, 5) is 28.6. The van der Waals surface area contributed by atoms with Gasteiger partial charge in [-0.25, -0.2) is 4.39 Å². The van der Waals surface area contributed by atoms with Gasteiger partial charge >= 0.3 is 0 Å². The lowest BCUT2D eigenvalue weighted by Gasteiger charge is -2.38. The summed E-state index contributed by atoms with van der Waals surface area (Å²) in [7, 11) is 0. The van der Waals surface area contributed by atoms with E-state index in [0.29, 0.717) is 32.5 Å². The molecule has 2 aliphatic heterocycles. The monoisotopic (exact) mass is 362 g/mol. The van der Waals surface area contributed by atoms with Gasteiger partial charge in [0.25, 0.3) is 0 Å². The Labute approximate surface area is 154 Å². The molecule has 5 nitrogen and oxygen atoms in total. The molecule has 26 heavy (non-hydrogen) atoms. The van der Waals surface area contributed by atoms with Gasteiger partial charge in [-0.05, 0) is 44.4 Å². The summed E-state index contributed by atoms with van der Waals surface area (Å²) in [5, 5.41) is 0. The number of piperidine rings is 1. The summed E-state index contributed by atoms with van der Waals surface area (Å²) in [5.74, 6) is 0.0372. The summed E-state index contributed by atoms with van der Waals surface area (Å²) in [6.07, 6.45) is 1.84. The van der Waals surface area contributed by atoms with E-state index in [1.54, 1.807) is 12.1 Å². The number of rotatable bonds is 4. The number of aryl methyl sites for hydroxylation is 1. The van der Waals surface area contributed by atoms with Crippen molar-refractivity contribution in [2.45, 2.75) is 45.3 Å². The van der Waals surface area contributed by atoms with Crippen LogP contribution in [0, 0.1) is 11.7 Å². The summed E-state index contributed by atoms with van der Waals surface area (Å²) >= 11 is 0. The molecule has 0 N–H and O–H groups in total. The number of fused-ring (bicyclic) bond motifs is 1. The van der Waals surface area contributed by atoms with Crippen LogP contribution in [-0.2, 0) is 20.7 Å². The molecular weight excluding hydrogens is 335 g/mol. The minimum absolute atomic E-state index is 0.0311. The predicted octanol–water partition coefficient (Wildman–Crippen LogP) is 2.24. The maximum absolute atomic E-state index is 13.0. The van der Waals surface area contributed by atoms with Gasteiger partial charge in [-0.1, -0.05) is 12.1 Å². The third-order valence-electron chi connectivity index (χ3n) is 5.35. The third kappa shape index (κ3) is 4.41. The summed E-state index contributed by atoms with van der Waals surface area (Å²) < 4.78 is 18.8. The van der Waals surface area contributed by atoms with Crippen LogP contribution in [0.3, 0.4) is 0 Å². The fourth-order valence-electron chi connectivity index (χ4n) is 3.81. The van der Waals surface area contributed by atoms with Gasteiger partial charge in [-0.3, -0.25) is 9.59 Å². The Kier molecular flexibility index (Phi) is 5.91. The molecule has 2 heterocycles. The second-order valence-corrected chi connectivity index (χ2v) is 7.50. The number of hydrogen-bond acceptors (Lipinski definition) is 3. The Balaban J connectivity index is 1.57. The van der Waals surface area contributed by atoms with Crippen molar-refractivity contribution in [1.82, 2.24) is 9.80 Å². The standard InChI is InChI=1S/C20H27FN2O3/c1-14(2)23-12-16-11-22(10-9-18(16)26-13-20(23)25)19(24)8-5-15-3-6-17(21)7-4-15/h3-4,6-7,14,16,18H,5,8-13H2,1-2H3/t16-,18+/m1/s1. The lowest BCUT2D eigenvalue weighted by Crippen LogP contribution is -2.50. The molecule has 2 fully saturated rings. The van der Waals surface area contributed by atoms with Crippen LogP contribution in [-0.4, -0.2) is 60.0 Å². The molecule has 142 valence electrons. The number of likely N-dealkylation sites (tertiary alicyclic amines) is 1. The molecule has 2 atom stereocenters. The first kappa shape index (κ1) is 18.8. The first-order valence-corrected chi connectivity index (χ1v) is 9.37. The van der Waals surface area contributed by atoms with E-state index in [1.165, 1.54) is 12.1 Å². The molecule has 3 rings (SSSR count). The van der Waals surface area contributed by atoms with Gasteiger partial charge in [0, 0.05) is 38.0 Å². The summed E-state index contributed by atoms with van der Waals surface area (Å²) in [5.41, 5.74) is 0.962. The van der Waals surface area contributed by atoms with Gasteiger partial charge in [-0.2, -0.15) is 0 Å². The second-order valence-electron chi connectivity index (χ2n) is 7.50. The molecule has 2 amide bonds. The molecule has 6 heteroatoms. The van der Waals surface area contributed by atoms with Crippen LogP contribution in [0.4, 0.5) is 4.39 Å². The molecule has 0 saturated carbocycles. The van der Waals surface area contributed by atoms with Gasteiger partial charge in [-0.15, -0.1) is 0 Å². The van der Waals surface area contributed by atoms with Gasteiger partial charge in [0.05, 0.1) is 6.10 Å². The van der Waals surface area contributed by atoms with Gasteiger partial charge in [0.15, 0.2) is 0 Å². The van der Waals surface area contributed by atoms with Crippen molar-refractivity contribution < 1.29 is 18.7 Å². The van der Waals surface area contributed by atoms with Crippen molar-refractivity contribution in [2.75, 3.05) is 26.2 Å². The van der Waals surface area contributed by atoms with Gasteiger partial charge in [0.1, 0.15) is 12.4 Å². The van der Waals surface area contributed by atoms with Crippen LogP contribution in [0.1, 0.15) is 32.3 Å². The molecule has 0 aromatic heterocycles. The van der Waals surface area contributed by atoms with Crippen LogP contribution in [0.15, 0.2) is 24.3 Å². The quantitative estimate of drug-likeness (QED) is 0.825. The number of hydrogen-bond donors (Lipinski definition) is 0. The van der Waals surface area contributed by atoms with Crippen LogP contribution in [0.5, 0.6) is 0 Å². The molecule has 2 saturated heterocycles. The second kappa shape index (κ2) is 8.16. The Morgan fingerprint density at radius 3 is 2.69 bits per heavy atom. The zero-order chi connectivity index (χ0) is 18.7. The molecule has 1 aromatic carbocycles.